The van der Waals surface area contributed by atoms with Crippen LogP contribution in [-0.4, -0.2) is 39.0 Å². The minimum Gasteiger partial charge on any atom is -0.472 e. The summed E-state index contributed by atoms with van der Waals surface area (Å²) < 4.78 is 20.7. The molecule has 0 aliphatic rings. The molecule has 0 N–H and O–H groups in total. The highest BCUT2D eigenvalue weighted by Crippen LogP contribution is 2.23. The summed E-state index contributed by atoms with van der Waals surface area (Å²) in [6.07, 6.45) is 2.48. The summed E-state index contributed by atoms with van der Waals surface area (Å²) in [6, 6.07) is 1.58. The first-order chi connectivity index (χ1) is 8.95. The van der Waals surface area contributed by atoms with Crippen molar-refractivity contribution in [3.05, 3.63) is 24.2 Å². The summed E-state index contributed by atoms with van der Waals surface area (Å²) >= 11 is 0. The van der Waals surface area contributed by atoms with Crippen LogP contribution in [0.4, 0.5) is 0 Å². The molecule has 19 heavy (non-hydrogen) atoms. The molecule has 1 atom stereocenters. The normalized spacial score (nSPS) is 13.3. The number of carbonyl (C=O) groups excluding carboxylic acids is 1. The van der Waals surface area contributed by atoms with Gasteiger partial charge < -0.3 is 18.6 Å². The first-order valence-corrected chi connectivity index (χ1v) is 6.25. The molecule has 0 aliphatic carbocycles. The number of furan rings is 1. The molecule has 1 aromatic heterocycles. The van der Waals surface area contributed by atoms with E-state index in [1.54, 1.807) is 13.2 Å². The van der Waals surface area contributed by atoms with Gasteiger partial charge in [0.15, 0.2) is 0 Å². The lowest BCUT2D eigenvalue weighted by atomic mass is 9.89. The number of hydrogen-bond donors (Lipinski definition) is 0. The molecule has 0 fully saturated rings. The predicted molar refractivity (Wildman–Crippen MR) is 70.1 cm³/mol. The highest BCUT2D eigenvalue weighted by molar-refractivity contribution is 5.89. The van der Waals surface area contributed by atoms with E-state index in [2.05, 4.69) is 0 Å². The molecule has 5 heteroatoms. The van der Waals surface area contributed by atoms with Crippen molar-refractivity contribution in [2.45, 2.75) is 26.9 Å². The second-order valence-electron chi connectivity index (χ2n) is 5.34. The number of esters is 1. The van der Waals surface area contributed by atoms with Crippen LogP contribution in [0.5, 0.6) is 0 Å². The van der Waals surface area contributed by atoms with Gasteiger partial charge in [0.25, 0.3) is 0 Å². The van der Waals surface area contributed by atoms with Crippen LogP contribution in [0.25, 0.3) is 0 Å². The minimum absolute atomic E-state index is 0.202. The Kier molecular flexibility index (Phi) is 6.05. The standard InChI is InChI=1S/C14H22O5/c1-14(2,3)12(10-18-8-7-16-4)19-13(15)11-5-6-17-9-11/h5-6,9,12H,7-8,10H2,1-4H3/t12-/m0/s1. The van der Waals surface area contributed by atoms with E-state index in [4.69, 9.17) is 18.6 Å². The fourth-order valence-corrected chi connectivity index (χ4v) is 1.37. The van der Waals surface area contributed by atoms with Gasteiger partial charge in [0.05, 0.1) is 31.6 Å². The van der Waals surface area contributed by atoms with Crippen LogP contribution < -0.4 is 0 Å². The van der Waals surface area contributed by atoms with Crippen LogP contribution >= 0.6 is 0 Å². The first-order valence-electron chi connectivity index (χ1n) is 6.25. The number of ether oxygens (including phenoxy) is 3. The van der Waals surface area contributed by atoms with Crippen LogP contribution in [0.3, 0.4) is 0 Å². The summed E-state index contributed by atoms with van der Waals surface area (Å²) in [5, 5.41) is 0. The van der Waals surface area contributed by atoms with Crippen LogP contribution in [0, 0.1) is 5.41 Å². The predicted octanol–water partition coefficient (Wildman–Crippen LogP) is 2.51. The van der Waals surface area contributed by atoms with Gasteiger partial charge in [0, 0.05) is 12.5 Å². The van der Waals surface area contributed by atoms with Gasteiger partial charge in [-0.3, -0.25) is 0 Å². The zero-order valence-electron chi connectivity index (χ0n) is 12.0. The summed E-state index contributed by atoms with van der Waals surface area (Å²) in [5.74, 6) is -0.399. The van der Waals surface area contributed by atoms with E-state index in [9.17, 15) is 4.79 Å². The second kappa shape index (κ2) is 7.31. The number of carbonyl (C=O) groups is 1. The number of hydrogen-bond acceptors (Lipinski definition) is 5. The van der Waals surface area contributed by atoms with E-state index in [1.807, 2.05) is 20.8 Å². The largest absolute Gasteiger partial charge is 0.472 e. The molecule has 0 saturated heterocycles. The van der Waals surface area contributed by atoms with E-state index in [0.717, 1.165) is 0 Å². The summed E-state index contributed by atoms with van der Waals surface area (Å²) in [7, 11) is 1.61. The van der Waals surface area contributed by atoms with Crippen LogP contribution in [0.2, 0.25) is 0 Å². The SMILES string of the molecule is COCCOC[C@H](OC(=O)c1ccoc1)C(C)(C)C. The molecular formula is C14H22O5. The van der Waals surface area contributed by atoms with Crippen molar-refractivity contribution in [2.24, 2.45) is 5.41 Å². The molecule has 0 aromatic carbocycles. The Morgan fingerprint density at radius 2 is 2.11 bits per heavy atom. The molecular weight excluding hydrogens is 248 g/mol. The highest BCUT2D eigenvalue weighted by atomic mass is 16.6. The highest BCUT2D eigenvalue weighted by Gasteiger charge is 2.29. The maximum atomic E-state index is 11.9. The first kappa shape index (κ1) is 15.7. The van der Waals surface area contributed by atoms with Gasteiger partial charge in [-0.2, -0.15) is 0 Å². The molecule has 0 radical (unpaired) electrons. The van der Waals surface area contributed by atoms with Crippen LogP contribution in [0.15, 0.2) is 23.0 Å². The average Bonchev–Trinajstić information content (AvgIpc) is 2.85. The summed E-state index contributed by atoms with van der Waals surface area (Å²) in [6.45, 7) is 7.34. The lowest BCUT2D eigenvalue weighted by molar-refractivity contribution is -0.0511. The zero-order valence-corrected chi connectivity index (χ0v) is 12.0. The lowest BCUT2D eigenvalue weighted by Crippen LogP contribution is -2.36. The average molecular weight is 270 g/mol. The minimum atomic E-state index is -0.399. The molecule has 0 unspecified atom stereocenters. The Morgan fingerprint density at radius 1 is 1.37 bits per heavy atom. The topological polar surface area (TPSA) is 57.9 Å². The monoisotopic (exact) mass is 270 g/mol. The van der Waals surface area contributed by atoms with Crippen molar-refractivity contribution in [1.29, 1.82) is 0 Å². The molecule has 1 heterocycles. The van der Waals surface area contributed by atoms with Crippen molar-refractivity contribution >= 4 is 5.97 Å². The quantitative estimate of drug-likeness (QED) is 0.563. The molecule has 0 aliphatic heterocycles. The van der Waals surface area contributed by atoms with E-state index in [1.165, 1.54) is 12.5 Å². The molecule has 1 rings (SSSR count). The molecule has 0 saturated carbocycles. The zero-order chi connectivity index (χ0) is 14.3. The van der Waals surface area contributed by atoms with Crippen molar-refractivity contribution in [3.8, 4) is 0 Å². The molecule has 0 spiro atoms. The van der Waals surface area contributed by atoms with E-state index in [-0.39, 0.29) is 11.5 Å². The molecule has 0 bridgehead atoms. The van der Waals surface area contributed by atoms with E-state index in [0.29, 0.717) is 25.4 Å². The van der Waals surface area contributed by atoms with Crippen molar-refractivity contribution in [2.75, 3.05) is 26.9 Å². The fourth-order valence-electron chi connectivity index (χ4n) is 1.37. The Bertz CT molecular complexity index is 364. The molecule has 5 nitrogen and oxygen atoms in total. The van der Waals surface area contributed by atoms with Gasteiger partial charge in [-0.1, -0.05) is 20.8 Å². The van der Waals surface area contributed by atoms with Crippen molar-refractivity contribution in [1.82, 2.24) is 0 Å². The lowest BCUT2D eigenvalue weighted by Gasteiger charge is -2.29. The van der Waals surface area contributed by atoms with Crippen LogP contribution in [-0.2, 0) is 14.2 Å². The Morgan fingerprint density at radius 3 is 2.63 bits per heavy atom. The maximum Gasteiger partial charge on any atom is 0.341 e. The molecule has 1 aromatic rings. The third-order valence-corrected chi connectivity index (χ3v) is 2.67. The van der Waals surface area contributed by atoms with E-state index >= 15 is 0 Å². The van der Waals surface area contributed by atoms with Crippen molar-refractivity contribution in [3.63, 3.8) is 0 Å². The van der Waals surface area contributed by atoms with Gasteiger partial charge in [0.1, 0.15) is 12.4 Å². The fraction of sp³-hybridized carbons (Fsp3) is 0.643. The second-order valence-corrected chi connectivity index (χ2v) is 5.34. The van der Waals surface area contributed by atoms with Crippen LogP contribution in [0.1, 0.15) is 31.1 Å². The molecule has 108 valence electrons. The van der Waals surface area contributed by atoms with Gasteiger partial charge in [-0.15, -0.1) is 0 Å². The van der Waals surface area contributed by atoms with Crippen molar-refractivity contribution < 1.29 is 23.4 Å². The third-order valence-electron chi connectivity index (χ3n) is 2.67. The number of methoxy groups -OCH3 is 1. The Balaban J connectivity index is 2.52. The van der Waals surface area contributed by atoms with Gasteiger partial charge in [-0.05, 0) is 6.07 Å². The van der Waals surface area contributed by atoms with Gasteiger partial charge >= 0.3 is 5.97 Å². The maximum absolute atomic E-state index is 11.9. The van der Waals surface area contributed by atoms with Gasteiger partial charge in [-0.25, -0.2) is 4.79 Å². The Labute approximate surface area is 113 Å². The number of rotatable bonds is 7. The third kappa shape index (κ3) is 5.44. The molecule has 0 amide bonds. The summed E-state index contributed by atoms with van der Waals surface area (Å²) in [5.41, 5.74) is 0.207. The van der Waals surface area contributed by atoms with E-state index < -0.39 is 5.97 Å². The summed E-state index contributed by atoms with van der Waals surface area (Å²) in [4.78, 5) is 11.9. The smallest absolute Gasteiger partial charge is 0.341 e. The van der Waals surface area contributed by atoms with Gasteiger partial charge in [0.2, 0.25) is 0 Å². The Hall–Kier alpha value is -1.33.